The molecular formula is C15H19F3N2O2. The fourth-order valence-corrected chi connectivity index (χ4v) is 2.80. The number of ether oxygens (including phenoxy) is 1. The molecule has 0 spiro atoms. The van der Waals surface area contributed by atoms with E-state index in [0.717, 1.165) is 12.1 Å². The Morgan fingerprint density at radius 2 is 2.23 bits per heavy atom. The van der Waals surface area contributed by atoms with E-state index in [9.17, 15) is 18.0 Å². The van der Waals surface area contributed by atoms with Crippen molar-refractivity contribution in [3.63, 3.8) is 0 Å². The Kier molecular flexibility index (Phi) is 4.95. The van der Waals surface area contributed by atoms with Crippen molar-refractivity contribution in [1.29, 1.82) is 0 Å². The molecule has 2 N–H and O–H groups in total. The van der Waals surface area contributed by atoms with Crippen molar-refractivity contribution in [2.24, 2.45) is 5.73 Å². The molecule has 0 bridgehead atoms. The van der Waals surface area contributed by atoms with Crippen molar-refractivity contribution in [3.8, 4) is 0 Å². The predicted molar refractivity (Wildman–Crippen MR) is 76.4 cm³/mol. The van der Waals surface area contributed by atoms with Gasteiger partial charge in [0, 0.05) is 18.3 Å². The molecule has 0 saturated heterocycles. The van der Waals surface area contributed by atoms with Crippen LogP contribution < -0.4 is 10.6 Å². The number of rotatable bonds is 5. The van der Waals surface area contributed by atoms with E-state index in [4.69, 9.17) is 10.5 Å². The van der Waals surface area contributed by atoms with Crippen LogP contribution in [0.5, 0.6) is 0 Å². The smallest absolute Gasteiger partial charge is 0.416 e. The van der Waals surface area contributed by atoms with Crippen LogP contribution in [0.2, 0.25) is 0 Å². The van der Waals surface area contributed by atoms with Crippen molar-refractivity contribution in [3.05, 3.63) is 29.3 Å². The summed E-state index contributed by atoms with van der Waals surface area (Å²) in [5.41, 5.74) is 6.47. The van der Waals surface area contributed by atoms with Gasteiger partial charge in [-0.2, -0.15) is 13.2 Å². The van der Waals surface area contributed by atoms with Gasteiger partial charge < -0.3 is 15.4 Å². The molecule has 0 fully saturated rings. The summed E-state index contributed by atoms with van der Waals surface area (Å²) in [6.07, 6.45) is -3.11. The second kappa shape index (κ2) is 6.56. The minimum Gasteiger partial charge on any atom is -0.466 e. The van der Waals surface area contributed by atoms with Crippen molar-refractivity contribution in [1.82, 2.24) is 0 Å². The molecule has 1 aliphatic rings. The van der Waals surface area contributed by atoms with Gasteiger partial charge in [0.25, 0.3) is 6.47 Å². The lowest BCUT2D eigenvalue weighted by Gasteiger charge is -2.39. The molecule has 4 nitrogen and oxygen atoms in total. The van der Waals surface area contributed by atoms with Gasteiger partial charge in [-0.1, -0.05) is 6.92 Å². The lowest BCUT2D eigenvalue weighted by Crippen LogP contribution is -2.43. The van der Waals surface area contributed by atoms with Gasteiger partial charge in [-0.25, -0.2) is 0 Å². The number of anilines is 1. The summed E-state index contributed by atoms with van der Waals surface area (Å²) in [5, 5.41) is 0. The molecule has 0 aromatic heterocycles. The van der Waals surface area contributed by atoms with E-state index in [1.807, 2.05) is 11.8 Å². The molecule has 0 amide bonds. The first kappa shape index (κ1) is 16.6. The van der Waals surface area contributed by atoms with Gasteiger partial charge in [0.15, 0.2) is 0 Å². The van der Waals surface area contributed by atoms with Gasteiger partial charge in [-0.3, -0.25) is 4.79 Å². The van der Waals surface area contributed by atoms with Gasteiger partial charge in [-0.05, 0) is 36.6 Å². The highest BCUT2D eigenvalue weighted by molar-refractivity contribution is 5.59. The molecule has 0 radical (unpaired) electrons. The summed E-state index contributed by atoms with van der Waals surface area (Å²) < 4.78 is 43.4. The Morgan fingerprint density at radius 1 is 1.50 bits per heavy atom. The minimum atomic E-state index is -4.39. The molecule has 0 aliphatic carbocycles. The maximum absolute atomic E-state index is 12.9. The van der Waals surface area contributed by atoms with Crippen molar-refractivity contribution >= 4 is 12.2 Å². The summed E-state index contributed by atoms with van der Waals surface area (Å²) in [7, 11) is 0. The van der Waals surface area contributed by atoms with Gasteiger partial charge in [0.1, 0.15) is 6.61 Å². The van der Waals surface area contributed by atoms with E-state index in [1.54, 1.807) is 0 Å². The predicted octanol–water partition coefficient (Wildman–Crippen LogP) is 2.87. The summed E-state index contributed by atoms with van der Waals surface area (Å²) >= 11 is 0. The Labute approximate surface area is 127 Å². The molecule has 1 heterocycles. The van der Waals surface area contributed by atoms with Gasteiger partial charge in [0.2, 0.25) is 0 Å². The average Bonchev–Trinajstić information content (AvgIpc) is 2.48. The molecule has 0 saturated carbocycles. The van der Waals surface area contributed by atoms with Crippen LogP contribution in [-0.4, -0.2) is 25.7 Å². The molecular weight excluding hydrogens is 297 g/mol. The average molecular weight is 316 g/mol. The lowest BCUT2D eigenvalue weighted by molar-refractivity contribution is -0.137. The molecule has 1 aromatic rings. The van der Waals surface area contributed by atoms with Crippen LogP contribution in [0.4, 0.5) is 18.9 Å². The first-order valence-electron chi connectivity index (χ1n) is 7.17. The van der Waals surface area contributed by atoms with Gasteiger partial charge in [-0.15, -0.1) is 0 Å². The van der Waals surface area contributed by atoms with Crippen molar-refractivity contribution < 1.29 is 22.7 Å². The highest BCUT2D eigenvalue weighted by atomic mass is 19.4. The topological polar surface area (TPSA) is 55.6 Å². The van der Waals surface area contributed by atoms with Crippen LogP contribution in [-0.2, 0) is 15.7 Å². The third-order valence-corrected chi connectivity index (χ3v) is 4.01. The maximum Gasteiger partial charge on any atom is 0.416 e. The number of carbonyl (C=O) groups is 1. The number of benzene rings is 1. The third kappa shape index (κ3) is 3.35. The highest BCUT2D eigenvalue weighted by Gasteiger charge is 2.34. The number of alkyl halides is 3. The van der Waals surface area contributed by atoms with E-state index in [-0.39, 0.29) is 12.6 Å². The summed E-state index contributed by atoms with van der Waals surface area (Å²) in [6, 6.07) is 3.16. The number of hydrogen-bond donors (Lipinski definition) is 1. The second-order valence-electron chi connectivity index (χ2n) is 5.35. The number of nitrogens with two attached hydrogens (primary N) is 1. The number of carbonyl (C=O) groups excluding carboxylic acids is 1. The van der Waals surface area contributed by atoms with E-state index < -0.39 is 17.8 Å². The van der Waals surface area contributed by atoms with E-state index in [1.165, 1.54) is 6.07 Å². The van der Waals surface area contributed by atoms with E-state index in [2.05, 4.69) is 0 Å². The quantitative estimate of drug-likeness (QED) is 0.849. The fraction of sp³-hybridized carbons (Fsp3) is 0.533. The molecule has 22 heavy (non-hydrogen) atoms. The second-order valence-corrected chi connectivity index (χ2v) is 5.35. The van der Waals surface area contributed by atoms with Crippen LogP contribution in [0.1, 0.15) is 36.9 Å². The molecule has 2 unspecified atom stereocenters. The number of hydrogen-bond acceptors (Lipinski definition) is 4. The Balaban J connectivity index is 2.36. The fourth-order valence-electron chi connectivity index (χ4n) is 2.80. The monoisotopic (exact) mass is 316 g/mol. The summed E-state index contributed by atoms with van der Waals surface area (Å²) in [6.45, 7) is 3.15. The summed E-state index contributed by atoms with van der Waals surface area (Å²) in [5.74, 6) is 0. The first-order valence-corrected chi connectivity index (χ1v) is 7.17. The van der Waals surface area contributed by atoms with Crippen molar-refractivity contribution in [2.75, 3.05) is 18.1 Å². The molecule has 1 aliphatic heterocycles. The number of halogens is 3. The van der Waals surface area contributed by atoms with E-state index in [0.29, 0.717) is 37.1 Å². The highest BCUT2D eigenvalue weighted by Crippen LogP contribution is 2.38. The Morgan fingerprint density at radius 3 is 2.82 bits per heavy atom. The summed E-state index contributed by atoms with van der Waals surface area (Å²) in [4.78, 5) is 12.3. The van der Waals surface area contributed by atoms with Crippen LogP contribution in [0, 0.1) is 0 Å². The van der Waals surface area contributed by atoms with Crippen LogP contribution in [0.3, 0.4) is 0 Å². The zero-order valence-electron chi connectivity index (χ0n) is 12.3. The van der Waals surface area contributed by atoms with Crippen LogP contribution in [0.15, 0.2) is 18.2 Å². The van der Waals surface area contributed by atoms with E-state index >= 15 is 0 Å². The van der Waals surface area contributed by atoms with Gasteiger partial charge in [0.05, 0.1) is 11.6 Å². The molecule has 2 atom stereocenters. The molecule has 7 heteroatoms. The first-order chi connectivity index (χ1) is 10.4. The molecule has 122 valence electrons. The molecule has 2 rings (SSSR count). The standard InChI is InChI=1S/C15H19F3N2O2/c1-2-11(8-22-9-21)20-6-5-13(19)12-7-10(15(16,17)18)3-4-14(12)20/h3-4,7,9,11,13H,2,5-6,8,19H2,1H3. The van der Waals surface area contributed by atoms with Crippen LogP contribution >= 0.6 is 0 Å². The maximum atomic E-state index is 12.9. The largest absolute Gasteiger partial charge is 0.466 e. The zero-order valence-corrected chi connectivity index (χ0v) is 12.3. The Bertz CT molecular complexity index is 534. The number of fused-ring (bicyclic) bond motifs is 1. The minimum absolute atomic E-state index is 0.0758. The lowest BCUT2D eigenvalue weighted by atomic mass is 9.93. The number of nitrogens with zero attached hydrogens (tertiary/aromatic N) is 1. The van der Waals surface area contributed by atoms with Crippen molar-refractivity contribution in [2.45, 2.75) is 38.0 Å². The zero-order chi connectivity index (χ0) is 16.3. The van der Waals surface area contributed by atoms with Crippen LogP contribution in [0.25, 0.3) is 0 Å². The Hall–Kier alpha value is -1.76. The molecule has 1 aromatic carbocycles. The normalized spacial score (nSPS) is 19.5. The SMILES string of the molecule is CCC(COC=O)N1CCC(N)c2cc(C(F)(F)F)ccc21. The van der Waals surface area contributed by atoms with Gasteiger partial charge >= 0.3 is 6.18 Å². The third-order valence-electron chi connectivity index (χ3n) is 4.01.